The number of nitrogen functional groups attached to an aromatic ring is 1. The van der Waals surface area contributed by atoms with Gasteiger partial charge in [0, 0.05) is 17.8 Å². The lowest BCUT2D eigenvalue weighted by Gasteiger charge is -2.31. The van der Waals surface area contributed by atoms with Crippen LogP contribution < -0.4 is 16.4 Å². The lowest BCUT2D eigenvalue weighted by atomic mass is 9.89. The lowest BCUT2D eigenvalue weighted by Crippen LogP contribution is -2.52. The van der Waals surface area contributed by atoms with E-state index in [9.17, 15) is 19.5 Å². The Morgan fingerprint density at radius 3 is 2.50 bits per heavy atom. The van der Waals surface area contributed by atoms with Gasteiger partial charge >= 0.3 is 6.03 Å². The number of aromatic hydroxyl groups is 1. The number of carbonyl (C=O) groups is 3. The SMILES string of the molecule is Nc1ccc(C2(CN3Cc4cc(O)ccc4C3=O)NC(=O)NC2=O)cc1. The first kappa shape index (κ1) is 15.9. The van der Waals surface area contributed by atoms with Crippen LogP contribution in [0.1, 0.15) is 21.5 Å². The van der Waals surface area contributed by atoms with Gasteiger partial charge in [-0.25, -0.2) is 4.79 Å². The van der Waals surface area contributed by atoms with Gasteiger partial charge in [-0.05, 0) is 41.5 Å². The van der Waals surface area contributed by atoms with Gasteiger partial charge in [-0.2, -0.15) is 0 Å². The number of hydrogen-bond donors (Lipinski definition) is 4. The highest BCUT2D eigenvalue weighted by Crippen LogP contribution is 2.32. The molecule has 2 aliphatic rings. The molecule has 0 radical (unpaired) electrons. The van der Waals surface area contributed by atoms with E-state index in [1.165, 1.54) is 17.0 Å². The van der Waals surface area contributed by atoms with Crippen molar-refractivity contribution in [2.75, 3.05) is 12.3 Å². The summed E-state index contributed by atoms with van der Waals surface area (Å²) in [5, 5.41) is 14.5. The second-order valence-electron chi connectivity index (χ2n) is 6.44. The standard InChI is InChI=1S/C18H16N4O4/c19-12-3-1-11(2-4-12)18(16(25)20-17(26)21-18)9-22-8-10-7-13(23)5-6-14(10)15(22)24/h1-7,23H,8-9,19H2,(H2,20,21,25,26). The fraction of sp³-hybridized carbons (Fsp3) is 0.167. The number of nitrogens with two attached hydrogens (primary N) is 1. The Hall–Kier alpha value is -3.55. The number of imide groups is 1. The maximum atomic E-state index is 12.7. The molecule has 5 N–H and O–H groups in total. The summed E-state index contributed by atoms with van der Waals surface area (Å²) in [6, 6.07) is 10.5. The molecule has 1 fully saturated rings. The molecule has 0 bridgehead atoms. The first-order chi connectivity index (χ1) is 12.4. The molecule has 4 rings (SSSR count). The van der Waals surface area contributed by atoms with Crippen molar-refractivity contribution in [3.05, 3.63) is 59.2 Å². The van der Waals surface area contributed by atoms with E-state index in [1.54, 1.807) is 30.3 Å². The van der Waals surface area contributed by atoms with E-state index < -0.39 is 17.5 Å². The molecule has 8 heteroatoms. The van der Waals surface area contributed by atoms with E-state index in [4.69, 9.17) is 5.73 Å². The molecule has 2 aromatic rings. The first-order valence-electron chi connectivity index (χ1n) is 8.00. The molecule has 1 saturated heterocycles. The van der Waals surface area contributed by atoms with Crippen LogP contribution in [0.15, 0.2) is 42.5 Å². The summed E-state index contributed by atoms with van der Waals surface area (Å²) in [7, 11) is 0. The average molecular weight is 352 g/mol. The second-order valence-corrected chi connectivity index (χ2v) is 6.44. The van der Waals surface area contributed by atoms with E-state index >= 15 is 0 Å². The minimum absolute atomic E-state index is 0.0389. The highest BCUT2D eigenvalue weighted by molar-refractivity contribution is 6.08. The molecule has 132 valence electrons. The molecule has 8 nitrogen and oxygen atoms in total. The third-order valence-corrected chi connectivity index (χ3v) is 4.74. The average Bonchev–Trinajstić information content (AvgIpc) is 3.05. The minimum Gasteiger partial charge on any atom is -0.508 e. The summed E-state index contributed by atoms with van der Waals surface area (Å²) in [5.74, 6) is -0.721. The fourth-order valence-corrected chi connectivity index (χ4v) is 3.45. The maximum absolute atomic E-state index is 12.7. The van der Waals surface area contributed by atoms with E-state index in [-0.39, 0.29) is 24.7 Å². The second kappa shape index (κ2) is 5.48. The number of rotatable bonds is 3. The molecule has 2 heterocycles. The van der Waals surface area contributed by atoms with Gasteiger partial charge in [-0.15, -0.1) is 0 Å². The van der Waals surface area contributed by atoms with E-state index in [2.05, 4.69) is 10.6 Å². The molecular weight excluding hydrogens is 336 g/mol. The predicted molar refractivity (Wildman–Crippen MR) is 92.1 cm³/mol. The van der Waals surface area contributed by atoms with Gasteiger partial charge in [0.2, 0.25) is 0 Å². The molecule has 1 unspecified atom stereocenters. The van der Waals surface area contributed by atoms with Crippen LogP contribution >= 0.6 is 0 Å². The Morgan fingerprint density at radius 2 is 1.85 bits per heavy atom. The molecular formula is C18H16N4O4. The van der Waals surface area contributed by atoms with Crippen LogP contribution in [0.25, 0.3) is 0 Å². The zero-order valence-corrected chi connectivity index (χ0v) is 13.7. The molecule has 0 spiro atoms. The zero-order chi connectivity index (χ0) is 18.5. The Morgan fingerprint density at radius 1 is 1.12 bits per heavy atom. The smallest absolute Gasteiger partial charge is 0.322 e. The monoisotopic (exact) mass is 352 g/mol. The summed E-state index contributed by atoms with van der Waals surface area (Å²) in [6.07, 6.45) is 0. The zero-order valence-electron chi connectivity index (χ0n) is 13.7. The number of nitrogens with zero attached hydrogens (tertiary/aromatic N) is 1. The van der Waals surface area contributed by atoms with Gasteiger partial charge in [-0.1, -0.05) is 12.1 Å². The van der Waals surface area contributed by atoms with Crippen LogP contribution in [0.5, 0.6) is 5.75 Å². The molecule has 26 heavy (non-hydrogen) atoms. The molecule has 4 amide bonds. The van der Waals surface area contributed by atoms with Crippen LogP contribution in [0.2, 0.25) is 0 Å². The van der Waals surface area contributed by atoms with Crippen molar-refractivity contribution in [1.29, 1.82) is 0 Å². The summed E-state index contributed by atoms with van der Waals surface area (Å²) in [6.45, 7) is 0.200. The van der Waals surface area contributed by atoms with Gasteiger partial charge < -0.3 is 21.1 Å². The fourth-order valence-electron chi connectivity index (χ4n) is 3.45. The minimum atomic E-state index is -1.40. The van der Waals surface area contributed by atoms with Crippen molar-refractivity contribution in [2.45, 2.75) is 12.1 Å². The predicted octanol–water partition coefficient (Wildman–Crippen LogP) is 0.665. The first-order valence-corrected chi connectivity index (χ1v) is 8.00. The van der Waals surface area contributed by atoms with Gasteiger partial charge in [0.15, 0.2) is 5.54 Å². The van der Waals surface area contributed by atoms with Crippen molar-refractivity contribution in [2.24, 2.45) is 0 Å². The summed E-state index contributed by atoms with van der Waals surface area (Å²) in [5.41, 5.74) is 6.51. The van der Waals surface area contributed by atoms with Crippen LogP contribution in [0, 0.1) is 0 Å². The van der Waals surface area contributed by atoms with Gasteiger partial charge in [-0.3, -0.25) is 14.9 Å². The summed E-state index contributed by atoms with van der Waals surface area (Å²) < 4.78 is 0. The Labute approximate surface area is 148 Å². The van der Waals surface area contributed by atoms with E-state index in [0.717, 1.165) is 0 Å². The number of phenols is 1. The Kier molecular flexibility index (Phi) is 3.36. The molecule has 2 aliphatic heterocycles. The number of fused-ring (bicyclic) bond motifs is 1. The number of phenolic OH excluding ortho intramolecular Hbond substituents is 1. The van der Waals surface area contributed by atoms with Gasteiger partial charge in [0.05, 0.1) is 6.54 Å². The largest absolute Gasteiger partial charge is 0.508 e. The molecule has 0 saturated carbocycles. The quantitative estimate of drug-likeness (QED) is 0.477. The number of anilines is 1. The van der Waals surface area contributed by atoms with Crippen LogP contribution in [-0.2, 0) is 16.9 Å². The van der Waals surface area contributed by atoms with Crippen LogP contribution in [0.4, 0.5) is 10.5 Å². The van der Waals surface area contributed by atoms with Crippen molar-refractivity contribution in [1.82, 2.24) is 15.5 Å². The van der Waals surface area contributed by atoms with Crippen molar-refractivity contribution in [3.63, 3.8) is 0 Å². The number of urea groups is 1. The van der Waals surface area contributed by atoms with Crippen molar-refractivity contribution >= 4 is 23.5 Å². The van der Waals surface area contributed by atoms with Gasteiger partial charge in [0.1, 0.15) is 5.75 Å². The third-order valence-electron chi connectivity index (χ3n) is 4.74. The molecule has 1 atom stereocenters. The maximum Gasteiger partial charge on any atom is 0.322 e. The van der Waals surface area contributed by atoms with Crippen molar-refractivity contribution in [3.8, 4) is 5.75 Å². The van der Waals surface area contributed by atoms with Crippen LogP contribution in [0.3, 0.4) is 0 Å². The highest BCUT2D eigenvalue weighted by atomic mass is 16.3. The molecule has 2 aromatic carbocycles. The summed E-state index contributed by atoms with van der Waals surface area (Å²) in [4.78, 5) is 38.6. The number of carbonyl (C=O) groups excluding carboxylic acids is 3. The van der Waals surface area contributed by atoms with Gasteiger partial charge in [0.25, 0.3) is 11.8 Å². The Balaban J connectivity index is 1.71. The lowest BCUT2D eigenvalue weighted by molar-refractivity contribution is -0.124. The van der Waals surface area contributed by atoms with Crippen molar-refractivity contribution < 1.29 is 19.5 Å². The topological polar surface area (TPSA) is 125 Å². The highest BCUT2D eigenvalue weighted by Gasteiger charge is 2.50. The van der Waals surface area contributed by atoms with E-state index in [0.29, 0.717) is 22.4 Å². The third kappa shape index (κ3) is 2.34. The number of benzene rings is 2. The molecule has 0 aliphatic carbocycles. The summed E-state index contributed by atoms with van der Waals surface area (Å²) >= 11 is 0. The number of amides is 4. The number of hydrogen-bond acceptors (Lipinski definition) is 5. The van der Waals surface area contributed by atoms with E-state index in [1.807, 2.05) is 0 Å². The normalized spacial score (nSPS) is 21.5. The van der Waals surface area contributed by atoms with Crippen LogP contribution in [-0.4, -0.2) is 34.4 Å². The Bertz CT molecular complexity index is 941. The molecule has 0 aromatic heterocycles. The number of nitrogens with one attached hydrogen (secondary N) is 2.